The predicted molar refractivity (Wildman–Crippen MR) is 62.0 cm³/mol. The molecule has 5 heteroatoms. The molecule has 3 nitrogen and oxygen atoms in total. The van der Waals surface area contributed by atoms with E-state index in [1.54, 1.807) is 30.7 Å². The van der Waals surface area contributed by atoms with Gasteiger partial charge in [0, 0.05) is 28.0 Å². The highest BCUT2D eigenvalue weighted by Gasteiger charge is 2.03. The minimum atomic E-state index is 0.663. The van der Waals surface area contributed by atoms with Crippen molar-refractivity contribution in [2.24, 2.45) is 0 Å². The Morgan fingerprint density at radius 2 is 2.13 bits per heavy atom. The van der Waals surface area contributed by atoms with Crippen molar-refractivity contribution < 1.29 is 0 Å². The van der Waals surface area contributed by atoms with Crippen LogP contribution in [0.25, 0.3) is 0 Å². The summed E-state index contributed by atoms with van der Waals surface area (Å²) < 4.78 is 0. The van der Waals surface area contributed by atoms with E-state index in [9.17, 15) is 0 Å². The number of nitrogens with zero attached hydrogens (tertiary/aromatic N) is 2. The third-order valence-corrected chi connectivity index (χ3v) is 2.96. The zero-order chi connectivity index (χ0) is 10.7. The van der Waals surface area contributed by atoms with Crippen molar-refractivity contribution in [3.8, 4) is 0 Å². The number of benzene rings is 1. The molecule has 0 amide bonds. The number of halogens is 1. The van der Waals surface area contributed by atoms with Crippen molar-refractivity contribution in [1.82, 2.24) is 9.97 Å². The van der Waals surface area contributed by atoms with E-state index >= 15 is 0 Å². The third kappa shape index (κ3) is 2.61. The predicted octanol–water partition coefficient (Wildman–Crippen LogP) is 2.86. The summed E-state index contributed by atoms with van der Waals surface area (Å²) in [6.45, 7) is 0. The first-order chi connectivity index (χ1) is 7.25. The zero-order valence-corrected chi connectivity index (χ0v) is 9.29. The van der Waals surface area contributed by atoms with Gasteiger partial charge in [-0.05, 0) is 18.2 Å². The van der Waals surface area contributed by atoms with E-state index in [0.29, 0.717) is 10.7 Å². The molecule has 0 fully saturated rings. The van der Waals surface area contributed by atoms with E-state index < -0.39 is 0 Å². The summed E-state index contributed by atoms with van der Waals surface area (Å²) in [7, 11) is 0. The van der Waals surface area contributed by atoms with Gasteiger partial charge in [-0.3, -0.25) is 4.98 Å². The molecule has 0 aliphatic heterocycles. The van der Waals surface area contributed by atoms with E-state index in [1.807, 2.05) is 6.07 Å². The van der Waals surface area contributed by atoms with Crippen molar-refractivity contribution in [2.75, 3.05) is 5.73 Å². The first-order valence-electron chi connectivity index (χ1n) is 4.24. The Labute approximate surface area is 96.7 Å². The number of anilines is 1. The van der Waals surface area contributed by atoms with Gasteiger partial charge in [-0.25, -0.2) is 4.98 Å². The van der Waals surface area contributed by atoms with Crippen LogP contribution in [0.5, 0.6) is 0 Å². The Bertz CT molecular complexity index is 461. The molecule has 76 valence electrons. The molecule has 0 saturated heterocycles. The van der Waals surface area contributed by atoms with Crippen molar-refractivity contribution in [3.63, 3.8) is 0 Å². The van der Waals surface area contributed by atoms with Crippen LogP contribution in [0.1, 0.15) is 0 Å². The second-order valence-corrected chi connectivity index (χ2v) is 4.33. The lowest BCUT2D eigenvalue weighted by Crippen LogP contribution is -1.88. The first kappa shape index (κ1) is 10.3. The Balaban J connectivity index is 2.28. The molecule has 2 rings (SSSR count). The van der Waals surface area contributed by atoms with Gasteiger partial charge < -0.3 is 5.73 Å². The molecule has 0 atom stereocenters. The number of hydrogen-bond acceptors (Lipinski definition) is 4. The highest BCUT2D eigenvalue weighted by Crippen LogP contribution is 2.32. The van der Waals surface area contributed by atoms with Crippen molar-refractivity contribution in [2.45, 2.75) is 9.92 Å². The lowest BCUT2D eigenvalue weighted by atomic mass is 10.3. The second-order valence-electron chi connectivity index (χ2n) is 2.83. The summed E-state index contributed by atoms with van der Waals surface area (Å²) in [5.74, 6) is 0. The lowest BCUT2D eigenvalue weighted by Gasteiger charge is -2.04. The number of hydrogen-bond donors (Lipinski definition) is 1. The minimum absolute atomic E-state index is 0.663. The quantitative estimate of drug-likeness (QED) is 0.816. The average Bonchev–Trinajstić information content (AvgIpc) is 2.25. The number of aromatic nitrogens is 2. The molecule has 2 aromatic rings. The van der Waals surface area contributed by atoms with Crippen LogP contribution in [-0.2, 0) is 0 Å². The van der Waals surface area contributed by atoms with Crippen LogP contribution in [0, 0.1) is 0 Å². The fraction of sp³-hybridized carbons (Fsp3) is 0. The molecule has 0 radical (unpaired) electrons. The standard InChI is InChI=1S/C10H8ClN3S/c11-7-1-2-8(12)9(5-7)15-10-6-13-3-4-14-10/h1-6H,12H2. The molecule has 1 aromatic carbocycles. The normalized spacial score (nSPS) is 10.2. The Hall–Kier alpha value is -1.26. The highest BCUT2D eigenvalue weighted by atomic mass is 35.5. The third-order valence-electron chi connectivity index (χ3n) is 1.73. The maximum Gasteiger partial charge on any atom is 0.119 e. The van der Waals surface area contributed by atoms with Crippen LogP contribution >= 0.6 is 23.4 Å². The van der Waals surface area contributed by atoms with E-state index in [0.717, 1.165) is 9.92 Å². The van der Waals surface area contributed by atoms with E-state index in [-0.39, 0.29) is 0 Å². The average molecular weight is 238 g/mol. The smallest absolute Gasteiger partial charge is 0.119 e. The zero-order valence-electron chi connectivity index (χ0n) is 7.72. The van der Waals surface area contributed by atoms with Gasteiger partial charge >= 0.3 is 0 Å². The molecule has 0 saturated carbocycles. The molecule has 0 spiro atoms. The van der Waals surface area contributed by atoms with Crippen molar-refractivity contribution in [3.05, 3.63) is 41.8 Å². The highest BCUT2D eigenvalue weighted by molar-refractivity contribution is 7.99. The fourth-order valence-electron chi connectivity index (χ4n) is 1.05. The van der Waals surface area contributed by atoms with Gasteiger partial charge in [0.2, 0.25) is 0 Å². The molecule has 0 bridgehead atoms. The lowest BCUT2D eigenvalue weighted by molar-refractivity contribution is 1.05. The Morgan fingerprint density at radius 1 is 1.27 bits per heavy atom. The summed E-state index contributed by atoms with van der Waals surface area (Å²) in [5.41, 5.74) is 6.50. The fourth-order valence-corrected chi connectivity index (χ4v) is 2.11. The van der Waals surface area contributed by atoms with Gasteiger partial charge in [-0.2, -0.15) is 0 Å². The van der Waals surface area contributed by atoms with Crippen LogP contribution in [0.3, 0.4) is 0 Å². The van der Waals surface area contributed by atoms with Crippen LogP contribution in [0.2, 0.25) is 5.02 Å². The van der Waals surface area contributed by atoms with Gasteiger partial charge in [0.25, 0.3) is 0 Å². The van der Waals surface area contributed by atoms with Gasteiger partial charge in [0.15, 0.2) is 0 Å². The SMILES string of the molecule is Nc1ccc(Cl)cc1Sc1cnccn1. The maximum atomic E-state index is 5.88. The van der Waals surface area contributed by atoms with Gasteiger partial charge in [0.1, 0.15) is 5.03 Å². The van der Waals surface area contributed by atoms with Crippen LogP contribution in [0.4, 0.5) is 5.69 Å². The van der Waals surface area contributed by atoms with Crippen LogP contribution in [0.15, 0.2) is 46.7 Å². The topological polar surface area (TPSA) is 51.8 Å². The van der Waals surface area contributed by atoms with Crippen LogP contribution in [-0.4, -0.2) is 9.97 Å². The summed E-state index contributed by atoms with van der Waals surface area (Å²) in [4.78, 5) is 9.01. The minimum Gasteiger partial charge on any atom is -0.398 e. The number of nitrogens with two attached hydrogens (primary N) is 1. The number of rotatable bonds is 2. The van der Waals surface area contributed by atoms with Crippen LogP contribution < -0.4 is 5.73 Å². The molecule has 1 heterocycles. The Kier molecular flexibility index (Phi) is 3.08. The van der Waals surface area contributed by atoms with E-state index in [4.69, 9.17) is 17.3 Å². The summed E-state index contributed by atoms with van der Waals surface area (Å²) in [6.07, 6.45) is 4.96. The monoisotopic (exact) mass is 237 g/mol. The van der Waals surface area contributed by atoms with Gasteiger partial charge in [0.05, 0.1) is 6.20 Å². The largest absolute Gasteiger partial charge is 0.398 e. The second kappa shape index (κ2) is 4.51. The molecule has 0 aliphatic carbocycles. The molecule has 15 heavy (non-hydrogen) atoms. The molecule has 0 aliphatic rings. The molecule has 2 N–H and O–H groups in total. The number of nitrogen functional groups attached to an aromatic ring is 1. The Morgan fingerprint density at radius 3 is 2.87 bits per heavy atom. The van der Waals surface area contributed by atoms with Crippen molar-refractivity contribution >= 4 is 29.1 Å². The van der Waals surface area contributed by atoms with Gasteiger partial charge in [-0.1, -0.05) is 23.4 Å². The van der Waals surface area contributed by atoms with E-state index in [2.05, 4.69) is 9.97 Å². The summed E-state index contributed by atoms with van der Waals surface area (Å²) >= 11 is 7.32. The molecular weight excluding hydrogens is 230 g/mol. The van der Waals surface area contributed by atoms with E-state index in [1.165, 1.54) is 11.8 Å². The first-order valence-corrected chi connectivity index (χ1v) is 5.44. The summed E-state index contributed by atoms with van der Waals surface area (Å²) in [5, 5.41) is 1.46. The van der Waals surface area contributed by atoms with Gasteiger partial charge in [-0.15, -0.1) is 0 Å². The summed E-state index contributed by atoms with van der Waals surface area (Å²) in [6, 6.07) is 5.36. The molecular formula is C10H8ClN3S. The maximum absolute atomic E-state index is 5.88. The molecule has 1 aromatic heterocycles. The van der Waals surface area contributed by atoms with Crippen molar-refractivity contribution in [1.29, 1.82) is 0 Å². The molecule has 0 unspecified atom stereocenters.